The lowest BCUT2D eigenvalue weighted by molar-refractivity contribution is -0.576. The lowest BCUT2D eigenvalue weighted by Gasteiger charge is -2.13. The van der Waals surface area contributed by atoms with E-state index < -0.39 is 0 Å². The zero-order valence-corrected chi connectivity index (χ0v) is 18.7. The molecule has 0 atom stereocenters. The fourth-order valence-electron chi connectivity index (χ4n) is 3.38. The number of nitrogens with one attached hydrogen (secondary N) is 1. The molecular weight excluding hydrogens is 456 g/mol. The van der Waals surface area contributed by atoms with E-state index in [1.807, 2.05) is 84.5 Å². The molecular formula is C25H20BrN2OS+. The molecule has 4 aromatic rings. The summed E-state index contributed by atoms with van der Waals surface area (Å²) in [6.07, 6.45) is 3.83. The van der Waals surface area contributed by atoms with Crippen LogP contribution in [0.2, 0.25) is 0 Å². The summed E-state index contributed by atoms with van der Waals surface area (Å²) in [5.74, 6) is 0.0933. The van der Waals surface area contributed by atoms with Crippen molar-refractivity contribution in [1.29, 1.82) is 0 Å². The highest BCUT2D eigenvalue weighted by molar-refractivity contribution is 9.10. The molecule has 4 rings (SSSR count). The quantitative estimate of drug-likeness (QED) is 0.152. The van der Waals surface area contributed by atoms with Gasteiger partial charge in [0.2, 0.25) is 0 Å². The summed E-state index contributed by atoms with van der Waals surface area (Å²) in [5, 5.41) is 16.8. The van der Waals surface area contributed by atoms with Gasteiger partial charge in [0.1, 0.15) is 0 Å². The third-order valence-electron chi connectivity index (χ3n) is 4.81. The Morgan fingerprint density at radius 3 is 2.47 bits per heavy atom. The summed E-state index contributed by atoms with van der Waals surface area (Å²) >= 11 is 9.33. The van der Waals surface area contributed by atoms with Gasteiger partial charge in [0.05, 0.1) is 0 Å². The van der Waals surface area contributed by atoms with Gasteiger partial charge in [-0.1, -0.05) is 76.7 Å². The number of aromatic nitrogens is 1. The number of aliphatic hydroxyl groups is 1. The van der Waals surface area contributed by atoms with Crippen molar-refractivity contribution in [3.8, 4) is 0 Å². The van der Waals surface area contributed by atoms with Crippen molar-refractivity contribution < 1.29 is 9.67 Å². The van der Waals surface area contributed by atoms with Gasteiger partial charge in [-0.2, -0.15) is 4.57 Å². The summed E-state index contributed by atoms with van der Waals surface area (Å²) in [5.41, 5.74) is 3.13. The number of halogens is 1. The van der Waals surface area contributed by atoms with Gasteiger partial charge in [0, 0.05) is 32.7 Å². The van der Waals surface area contributed by atoms with Crippen LogP contribution in [0.4, 0.5) is 5.69 Å². The van der Waals surface area contributed by atoms with Crippen LogP contribution in [-0.4, -0.2) is 10.1 Å². The Labute approximate surface area is 189 Å². The van der Waals surface area contributed by atoms with Crippen LogP contribution in [0.5, 0.6) is 0 Å². The van der Waals surface area contributed by atoms with Crippen LogP contribution in [0.25, 0.3) is 22.2 Å². The number of nitrogens with zero attached hydrogens (tertiary/aromatic N) is 1. The number of anilines is 1. The number of aliphatic hydroxyl groups excluding tert-OH is 1. The zero-order chi connectivity index (χ0) is 21.1. The molecule has 30 heavy (non-hydrogen) atoms. The van der Waals surface area contributed by atoms with Crippen LogP contribution in [0.3, 0.4) is 0 Å². The first-order chi connectivity index (χ1) is 14.5. The second kappa shape index (κ2) is 8.78. The van der Waals surface area contributed by atoms with Crippen molar-refractivity contribution in [2.45, 2.75) is 6.92 Å². The first-order valence-electron chi connectivity index (χ1n) is 9.50. The third-order valence-corrected chi connectivity index (χ3v) is 5.80. The number of fused-ring (bicyclic) bond motifs is 1. The topological polar surface area (TPSA) is 36.1 Å². The fourth-order valence-corrected chi connectivity index (χ4v) is 4.16. The second-order valence-electron chi connectivity index (χ2n) is 6.95. The molecule has 148 valence electrons. The monoisotopic (exact) mass is 475 g/mol. The maximum atomic E-state index is 11.3. The van der Waals surface area contributed by atoms with E-state index in [1.54, 1.807) is 0 Å². The summed E-state index contributed by atoms with van der Waals surface area (Å²) in [6.45, 7) is 2.00. The van der Waals surface area contributed by atoms with E-state index in [4.69, 9.17) is 12.2 Å². The Morgan fingerprint density at radius 1 is 0.933 bits per heavy atom. The zero-order valence-electron chi connectivity index (χ0n) is 16.3. The molecule has 2 N–H and O–H groups in total. The predicted octanol–water partition coefficient (Wildman–Crippen LogP) is 6.52. The molecule has 3 aromatic carbocycles. The smallest absolute Gasteiger partial charge is 0.288 e. The van der Waals surface area contributed by atoms with Gasteiger partial charge in [-0.25, -0.2) is 0 Å². The first kappa shape index (κ1) is 20.3. The van der Waals surface area contributed by atoms with Gasteiger partial charge in [0.25, 0.3) is 5.70 Å². The van der Waals surface area contributed by atoms with E-state index >= 15 is 0 Å². The van der Waals surface area contributed by atoms with E-state index in [9.17, 15) is 5.11 Å². The molecule has 0 spiro atoms. The number of aryl methyl sites for hydroxylation is 1. The van der Waals surface area contributed by atoms with Gasteiger partial charge < -0.3 is 10.4 Å². The molecule has 0 aliphatic rings. The molecule has 1 aromatic heterocycles. The number of pyridine rings is 1. The number of thiocarbonyl (C=S) groups is 1. The highest BCUT2D eigenvalue weighted by atomic mass is 79.9. The maximum absolute atomic E-state index is 11.3. The number of rotatable bonds is 4. The van der Waals surface area contributed by atoms with Crippen molar-refractivity contribution in [2.75, 3.05) is 5.32 Å². The average Bonchev–Trinajstić information content (AvgIpc) is 2.74. The number of hydrogen-bond acceptors (Lipinski definition) is 2. The third kappa shape index (κ3) is 4.13. The Balaban J connectivity index is 1.85. The highest BCUT2D eigenvalue weighted by Gasteiger charge is 2.25. The second-order valence-corrected chi connectivity index (χ2v) is 8.21. The van der Waals surface area contributed by atoms with E-state index in [0.717, 1.165) is 26.5 Å². The van der Waals surface area contributed by atoms with Crippen molar-refractivity contribution in [1.82, 2.24) is 0 Å². The standard InChI is InChI=1S/C25H19BrN2OS/c1-17-8-7-15-28(16-17)23(24(29)20-12-4-5-13-21(20)26)25(30)27-22-14-6-10-18-9-2-3-11-19(18)22/h2-16H,1H3,(H-,27,29,30)/p+1. The average molecular weight is 476 g/mol. The minimum Gasteiger partial charge on any atom is -0.502 e. The van der Waals surface area contributed by atoms with Crippen molar-refractivity contribution in [2.24, 2.45) is 0 Å². The van der Waals surface area contributed by atoms with Gasteiger partial charge in [-0.15, -0.1) is 0 Å². The molecule has 0 saturated carbocycles. The molecule has 5 heteroatoms. The first-order valence-corrected chi connectivity index (χ1v) is 10.7. The van der Waals surface area contributed by atoms with Crippen molar-refractivity contribution in [3.63, 3.8) is 0 Å². The molecule has 0 radical (unpaired) electrons. The van der Waals surface area contributed by atoms with Gasteiger partial charge in [-0.3, -0.25) is 0 Å². The Morgan fingerprint density at radius 2 is 1.67 bits per heavy atom. The number of hydrogen-bond donors (Lipinski definition) is 2. The molecule has 0 aliphatic heterocycles. The molecule has 0 unspecified atom stereocenters. The lowest BCUT2D eigenvalue weighted by Crippen LogP contribution is -2.38. The molecule has 1 heterocycles. The Bertz CT molecular complexity index is 1280. The van der Waals surface area contributed by atoms with Gasteiger partial charge in [-0.05, 0) is 36.6 Å². The molecule has 3 nitrogen and oxygen atoms in total. The summed E-state index contributed by atoms with van der Waals surface area (Å²) in [6, 6.07) is 25.7. The van der Waals surface area contributed by atoms with Crippen LogP contribution in [0, 0.1) is 6.92 Å². The van der Waals surface area contributed by atoms with Crippen molar-refractivity contribution >= 4 is 61.1 Å². The lowest BCUT2D eigenvalue weighted by atomic mass is 10.1. The normalized spacial score (nSPS) is 11.8. The summed E-state index contributed by atoms with van der Waals surface area (Å²) in [7, 11) is 0. The largest absolute Gasteiger partial charge is 0.502 e. The van der Waals surface area contributed by atoms with Crippen LogP contribution >= 0.6 is 28.1 Å². The minimum atomic E-state index is 0.0933. The van der Waals surface area contributed by atoms with E-state index in [-0.39, 0.29) is 5.76 Å². The van der Waals surface area contributed by atoms with Gasteiger partial charge >= 0.3 is 0 Å². The van der Waals surface area contributed by atoms with Crippen LogP contribution in [0.1, 0.15) is 11.1 Å². The summed E-state index contributed by atoms with van der Waals surface area (Å²) in [4.78, 5) is 0.426. The van der Waals surface area contributed by atoms with E-state index in [2.05, 4.69) is 39.4 Å². The van der Waals surface area contributed by atoms with Crippen LogP contribution in [-0.2, 0) is 0 Å². The predicted molar refractivity (Wildman–Crippen MR) is 131 cm³/mol. The maximum Gasteiger partial charge on any atom is 0.288 e. The molecule has 0 bridgehead atoms. The molecule has 0 fully saturated rings. The van der Waals surface area contributed by atoms with E-state index in [0.29, 0.717) is 16.2 Å². The number of benzene rings is 3. The fraction of sp³-hybridized carbons (Fsp3) is 0.0400. The highest BCUT2D eigenvalue weighted by Crippen LogP contribution is 2.28. The molecule has 0 saturated heterocycles. The SMILES string of the molecule is Cc1ccc[n+](/C(C(=S)Nc2cccc3ccccc23)=C(/O)c2ccccc2Br)c1. The molecule has 0 aliphatic carbocycles. The van der Waals surface area contributed by atoms with Crippen molar-refractivity contribution in [3.05, 3.63) is 107 Å². The molecule has 0 amide bonds. The van der Waals surface area contributed by atoms with Crippen LogP contribution in [0.15, 0.2) is 95.7 Å². The Hall–Kier alpha value is -3.02. The van der Waals surface area contributed by atoms with E-state index in [1.165, 1.54) is 0 Å². The summed E-state index contributed by atoms with van der Waals surface area (Å²) < 4.78 is 2.64. The van der Waals surface area contributed by atoms with Gasteiger partial charge in [0.15, 0.2) is 23.1 Å². The van der Waals surface area contributed by atoms with Crippen LogP contribution < -0.4 is 9.88 Å². The minimum absolute atomic E-state index is 0.0933. The Kier molecular flexibility index (Phi) is 5.93.